The van der Waals surface area contributed by atoms with Gasteiger partial charge in [0.2, 0.25) is 0 Å². The first-order valence-electron chi connectivity index (χ1n) is 10.3. The van der Waals surface area contributed by atoms with E-state index in [4.69, 9.17) is 15.6 Å². The zero-order valence-corrected chi connectivity index (χ0v) is 17.0. The Balaban J connectivity index is 1.47. The maximum absolute atomic E-state index is 12.9. The fraction of sp³-hybridized carbons (Fsp3) is 0.261. The predicted molar refractivity (Wildman–Crippen MR) is 114 cm³/mol. The minimum Gasteiger partial charge on any atom is -0.457 e. The minimum atomic E-state index is -4.43. The van der Waals surface area contributed by atoms with Crippen LogP contribution in [-0.2, 0) is 6.18 Å². The van der Waals surface area contributed by atoms with Crippen LogP contribution in [0.5, 0.6) is 11.5 Å². The molecule has 5 rings (SSSR count). The topological polar surface area (TPSA) is 78.8 Å². The fourth-order valence-electron chi connectivity index (χ4n) is 4.15. The lowest BCUT2D eigenvalue weighted by atomic mass is 10.1. The molecule has 0 spiro atoms. The van der Waals surface area contributed by atoms with Crippen molar-refractivity contribution in [3.8, 4) is 22.8 Å². The summed E-state index contributed by atoms with van der Waals surface area (Å²) < 4.78 is 46.4. The molecule has 2 aromatic heterocycles. The van der Waals surface area contributed by atoms with Crippen molar-refractivity contribution in [3.63, 3.8) is 0 Å². The third-order valence-electron chi connectivity index (χ3n) is 5.71. The second-order valence-corrected chi connectivity index (χ2v) is 7.84. The van der Waals surface area contributed by atoms with Crippen LogP contribution in [0.2, 0.25) is 0 Å². The number of benzene rings is 2. The van der Waals surface area contributed by atoms with Crippen LogP contribution in [0.3, 0.4) is 0 Å². The molecule has 2 heterocycles. The number of rotatable bonds is 4. The molecule has 1 saturated carbocycles. The molecule has 0 unspecified atom stereocenters. The molecule has 0 bridgehead atoms. The molecular formula is C23H20F3N5O. The Hall–Kier alpha value is -3.62. The number of alkyl halides is 3. The number of hydrogen-bond donors (Lipinski definition) is 1. The Morgan fingerprint density at radius 2 is 1.72 bits per heavy atom. The standard InChI is InChI=1S/C23H20F3N5O/c24-23(25,26)15-4-3-7-18(12-15)32-17-10-8-14(9-11-17)20-19-21(27)28-13-29-22(19)31(30-20)16-5-1-2-6-16/h3-4,7-13,16H,1-2,5-6H2,(H2,27,28,29). The normalized spacial score (nSPS) is 14.8. The van der Waals surface area contributed by atoms with E-state index >= 15 is 0 Å². The van der Waals surface area contributed by atoms with Crippen molar-refractivity contribution in [1.29, 1.82) is 0 Å². The molecule has 4 aromatic rings. The van der Waals surface area contributed by atoms with Crippen molar-refractivity contribution in [2.24, 2.45) is 0 Å². The van der Waals surface area contributed by atoms with E-state index in [1.165, 1.54) is 18.5 Å². The van der Waals surface area contributed by atoms with Crippen LogP contribution in [0.15, 0.2) is 54.9 Å². The first-order valence-corrected chi connectivity index (χ1v) is 10.3. The summed E-state index contributed by atoms with van der Waals surface area (Å²) in [6, 6.07) is 12.0. The second-order valence-electron chi connectivity index (χ2n) is 7.84. The maximum Gasteiger partial charge on any atom is 0.416 e. The van der Waals surface area contributed by atoms with Gasteiger partial charge in [-0.15, -0.1) is 0 Å². The molecule has 0 radical (unpaired) electrons. The lowest BCUT2D eigenvalue weighted by molar-refractivity contribution is -0.137. The van der Waals surface area contributed by atoms with Crippen LogP contribution in [0.4, 0.5) is 19.0 Å². The number of nitrogen functional groups attached to an aromatic ring is 1. The molecule has 2 N–H and O–H groups in total. The Labute approximate surface area is 181 Å². The number of ether oxygens (including phenoxy) is 1. The number of anilines is 1. The van der Waals surface area contributed by atoms with Crippen molar-refractivity contribution in [1.82, 2.24) is 19.7 Å². The summed E-state index contributed by atoms with van der Waals surface area (Å²) in [5, 5.41) is 5.52. The molecule has 2 aromatic carbocycles. The van der Waals surface area contributed by atoms with Gasteiger partial charge in [0.05, 0.1) is 17.0 Å². The molecule has 1 fully saturated rings. The van der Waals surface area contributed by atoms with E-state index in [9.17, 15) is 13.2 Å². The quantitative estimate of drug-likeness (QED) is 0.422. The van der Waals surface area contributed by atoms with Gasteiger partial charge in [-0.05, 0) is 55.3 Å². The van der Waals surface area contributed by atoms with Gasteiger partial charge in [-0.2, -0.15) is 18.3 Å². The summed E-state index contributed by atoms with van der Waals surface area (Å²) in [7, 11) is 0. The van der Waals surface area contributed by atoms with Gasteiger partial charge in [0.25, 0.3) is 0 Å². The van der Waals surface area contributed by atoms with Crippen LogP contribution in [-0.4, -0.2) is 19.7 Å². The fourth-order valence-corrected chi connectivity index (χ4v) is 4.15. The Kier molecular flexibility index (Phi) is 4.96. The van der Waals surface area contributed by atoms with Crippen LogP contribution < -0.4 is 10.5 Å². The van der Waals surface area contributed by atoms with Crippen LogP contribution in [0, 0.1) is 0 Å². The zero-order valence-electron chi connectivity index (χ0n) is 17.0. The van der Waals surface area contributed by atoms with Crippen LogP contribution >= 0.6 is 0 Å². The zero-order chi connectivity index (χ0) is 22.3. The van der Waals surface area contributed by atoms with E-state index in [2.05, 4.69) is 9.97 Å². The summed E-state index contributed by atoms with van der Waals surface area (Å²) in [4.78, 5) is 8.56. The van der Waals surface area contributed by atoms with Crippen molar-refractivity contribution in [3.05, 3.63) is 60.4 Å². The molecule has 164 valence electrons. The average Bonchev–Trinajstić information content (AvgIpc) is 3.42. The van der Waals surface area contributed by atoms with Gasteiger partial charge in [0.1, 0.15) is 29.3 Å². The van der Waals surface area contributed by atoms with Crippen LogP contribution in [0.25, 0.3) is 22.3 Å². The first kappa shape index (κ1) is 20.3. The third kappa shape index (κ3) is 3.74. The van der Waals surface area contributed by atoms with E-state index in [-0.39, 0.29) is 11.8 Å². The molecule has 1 aliphatic rings. The predicted octanol–water partition coefficient (Wildman–Crippen LogP) is 6.00. The number of halogens is 3. The summed E-state index contributed by atoms with van der Waals surface area (Å²) in [6.07, 6.45) is 1.42. The molecule has 0 atom stereocenters. The van der Waals surface area contributed by atoms with E-state index in [1.54, 1.807) is 24.3 Å². The molecule has 32 heavy (non-hydrogen) atoms. The van der Waals surface area contributed by atoms with Crippen molar-refractivity contribution >= 4 is 16.9 Å². The minimum absolute atomic E-state index is 0.112. The highest BCUT2D eigenvalue weighted by atomic mass is 19.4. The average molecular weight is 439 g/mol. The molecule has 6 nitrogen and oxygen atoms in total. The van der Waals surface area contributed by atoms with E-state index in [1.807, 2.05) is 4.68 Å². The van der Waals surface area contributed by atoms with E-state index in [0.29, 0.717) is 28.3 Å². The highest BCUT2D eigenvalue weighted by Gasteiger charge is 2.30. The number of nitrogens with two attached hydrogens (primary N) is 1. The number of hydrogen-bond acceptors (Lipinski definition) is 5. The summed E-state index contributed by atoms with van der Waals surface area (Å²) in [6.45, 7) is 0. The molecule has 0 amide bonds. The summed E-state index contributed by atoms with van der Waals surface area (Å²) in [5.74, 6) is 0.886. The van der Waals surface area contributed by atoms with Gasteiger partial charge < -0.3 is 10.5 Å². The largest absolute Gasteiger partial charge is 0.457 e. The van der Waals surface area contributed by atoms with Gasteiger partial charge in [0, 0.05) is 5.56 Å². The van der Waals surface area contributed by atoms with Gasteiger partial charge in [-0.25, -0.2) is 14.6 Å². The Bertz CT molecular complexity index is 1260. The van der Waals surface area contributed by atoms with Crippen molar-refractivity contribution < 1.29 is 17.9 Å². The van der Waals surface area contributed by atoms with Gasteiger partial charge in [0.15, 0.2) is 5.65 Å². The van der Waals surface area contributed by atoms with Gasteiger partial charge in [-0.3, -0.25) is 0 Å². The Morgan fingerprint density at radius 3 is 2.44 bits per heavy atom. The molecule has 0 saturated heterocycles. The van der Waals surface area contributed by atoms with Crippen LogP contribution in [0.1, 0.15) is 37.3 Å². The number of nitrogens with zero attached hydrogens (tertiary/aromatic N) is 4. The highest BCUT2D eigenvalue weighted by Crippen LogP contribution is 2.37. The third-order valence-corrected chi connectivity index (χ3v) is 5.71. The summed E-state index contributed by atoms with van der Waals surface area (Å²) >= 11 is 0. The monoisotopic (exact) mass is 439 g/mol. The van der Waals surface area contributed by atoms with Gasteiger partial charge in [-0.1, -0.05) is 18.9 Å². The van der Waals surface area contributed by atoms with Gasteiger partial charge >= 0.3 is 6.18 Å². The number of aromatic nitrogens is 4. The first-order chi connectivity index (χ1) is 15.4. The van der Waals surface area contributed by atoms with E-state index in [0.717, 1.165) is 43.4 Å². The van der Waals surface area contributed by atoms with Crippen molar-refractivity contribution in [2.45, 2.75) is 37.9 Å². The molecule has 1 aliphatic carbocycles. The maximum atomic E-state index is 12.9. The lowest BCUT2D eigenvalue weighted by Gasteiger charge is -2.10. The second kappa shape index (κ2) is 7.81. The van der Waals surface area contributed by atoms with E-state index < -0.39 is 11.7 Å². The SMILES string of the molecule is Nc1ncnc2c1c(-c1ccc(Oc3cccc(C(F)(F)F)c3)cc1)nn2C1CCCC1. The van der Waals surface area contributed by atoms with Crippen molar-refractivity contribution in [2.75, 3.05) is 5.73 Å². The molecule has 0 aliphatic heterocycles. The highest BCUT2D eigenvalue weighted by molar-refractivity contribution is 5.98. The smallest absolute Gasteiger partial charge is 0.416 e. The number of fused-ring (bicyclic) bond motifs is 1. The molecule has 9 heteroatoms. The Morgan fingerprint density at radius 1 is 0.969 bits per heavy atom. The lowest BCUT2D eigenvalue weighted by Crippen LogP contribution is -2.07. The summed E-state index contributed by atoms with van der Waals surface area (Å²) in [5.41, 5.74) is 7.59. The molecular weight excluding hydrogens is 419 g/mol.